The molecular weight excluding hydrogens is 330 g/mol. The molecule has 2 fully saturated rings. The van der Waals surface area contributed by atoms with Crippen LogP contribution in [0.5, 0.6) is 0 Å². The van der Waals surface area contributed by atoms with Gasteiger partial charge in [-0.15, -0.1) is 0 Å². The molecule has 7 heteroatoms. The minimum atomic E-state index is -0.877. The first-order chi connectivity index (χ1) is 11.8. The molecule has 0 radical (unpaired) electrons. The summed E-state index contributed by atoms with van der Waals surface area (Å²) >= 11 is 0. The van der Waals surface area contributed by atoms with Gasteiger partial charge < -0.3 is 10.4 Å². The molecule has 0 atom stereocenters. The van der Waals surface area contributed by atoms with Crippen LogP contribution in [0.3, 0.4) is 0 Å². The van der Waals surface area contributed by atoms with Crippen molar-refractivity contribution in [3.8, 4) is 0 Å². The van der Waals surface area contributed by atoms with Gasteiger partial charge in [0.2, 0.25) is 0 Å². The van der Waals surface area contributed by atoms with Gasteiger partial charge in [0.1, 0.15) is 11.6 Å². The first-order valence-electron chi connectivity index (χ1n) is 8.56. The SMILES string of the molecule is Cc1cc(C(=O)NC2CC(N(CC(=O)O)CC3CC3)C2)c(F)cc1F. The number of hydrogen-bond acceptors (Lipinski definition) is 3. The van der Waals surface area contributed by atoms with Gasteiger partial charge in [-0.2, -0.15) is 0 Å². The maximum atomic E-state index is 13.8. The Morgan fingerprint density at radius 1 is 1.24 bits per heavy atom. The molecule has 1 aromatic carbocycles. The molecule has 0 bridgehead atoms. The summed E-state index contributed by atoms with van der Waals surface area (Å²) < 4.78 is 27.1. The highest BCUT2D eigenvalue weighted by atomic mass is 19.1. The molecule has 136 valence electrons. The van der Waals surface area contributed by atoms with E-state index in [-0.39, 0.29) is 29.8 Å². The van der Waals surface area contributed by atoms with Crippen LogP contribution in [0.2, 0.25) is 0 Å². The number of benzene rings is 1. The average Bonchev–Trinajstić information content (AvgIpc) is 3.29. The van der Waals surface area contributed by atoms with E-state index < -0.39 is 23.5 Å². The third kappa shape index (κ3) is 4.34. The lowest BCUT2D eigenvalue weighted by atomic mass is 9.85. The lowest BCUT2D eigenvalue weighted by Gasteiger charge is -2.42. The Kier molecular flexibility index (Phi) is 5.03. The van der Waals surface area contributed by atoms with Crippen molar-refractivity contribution in [3.05, 3.63) is 34.9 Å². The van der Waals surface area contributed by atoms with Crippen LogP contribution < -0.4 is 5.32 Å². The largest absolute Gasteiger partial charge is 0.480 e. The predicted octanol–water partition coefficient (Wildman–Crippen LogP) is 2.33. The summed E-state index contributed by atoms with van der Waals surface area (Å²) in [5.41, 5.74) is 0.0535. The van der Waals surface area contributed by atoms with Crippen LogP contribution in [0.4, 0.5) is 8.78 Å². The van der Waals surface area contributed by atoms with E-state index in [1.807, 2.05) is 4.90 Å². The van der Waals surface area contributed by atoms with Crippen LogP contribution in [-0.2, 0) is 4.79 Å². The number of carboxylic acid groups (broad SMARTS) is 1. The molecule has 0 unspecified atom stereocenters. The highest BCUT2D eigenvalue weighted by Gasteiger charge is 2.38. The van der Waals surface area contributed by atoms with E-state index >= 15 is 0 Å². The van der Waals surface area contributed by atoms with Crippen LogP contribution in [0.25, 0.3) is 0 Å². The molecule has 2 aliphatic carbocycles. The van der Waals surface area contributed by atoms with Gasteiger partial charge in [0.25, 0.3) is 5.91 Å². The highest BCUT2D eigenvalue weighted by molar-refractivity contribution is 5.95. The summed E-state index contributed by atoms with van der Waals surface area (Å²) in [5, 5.41) is 11.8. The van der Waals surface area contributed by atoms with Gasteiger partial charge in [0, 0.05) is 24.7 Å². The number of nitrogens with zero attached hydrogens (tertiary/aromatic N) is 1. The maximum Gasteiger partial charge on any atom is 0.317 e. The molecule has 3 rings (SSSR count). The Labute approximate surface area is 145 Å². The smallest absolute Gasteiger partial charge is 0.317 e. The van der Waals surface area contributed by atoms with Crippen molar-refractivity contribution in [2.75, 3.05) is 13.1 Å². The van der Waals surface area contributed by atoms with Crippen molar-refractivity contribution < 1.29 is 23.5 Å². The number of nitrogens with one attached hydrogen (secondary N) is 1. The highest BCUT2D eigenvalue weighted by Crippen LogP contribution is 2.33. The second kappa shape index (κ2) is 7.07. The summed E-state index contributed by atoms with van der Waals surface area (Å²) in [6, 6.07) is 1.94. The monoisotopic (exact) mass is 352 g/mol. The van der Waals surface area contributed by atoms with E-state index in [2.05, 4.69) is 5.32 Å². The Morgan fingerprint density at radius 3 is 2.52 bits per heavy atom. The lowest BCUT2D eigenvalue weighted by molar-refractivity contribution is -0.139. The molecule has 5 nitrogen and oxygen atoms in total. The minimum absolute atomic E-state index is 0.00756. The molecule has 0 aromatic heterocycles. The van der Waals surface area contributed by atoms with Gasteiger partial charge in [-0.25, -0.2) is 8.78 Å². The van der Waals surface area contributed by atoms with E-state index in [0.717, 1.165) is 25.5 Å². The number of rotatable bonds is 7. The van der Waals surface area contributed by atoms with Crippen molar-refractivity contribution in [1.29, 1.82) is 0 Å². The number of carboxylic acids is 1. The van der Waals surface area contributed by atoms with Crippen LogP contribution in [0.15, 0.2) is 12.1 Å². The molecule has 25 heavy (non-hydrogen) atoms. The molecule has 1 aromatic rings. The molecular formula is C18H22F2N2O3. The predicted molar refractivity (Wildman–Crippen MR) is 87.3 cm³/mol. The van der Waals surface area contributed by atoms with Crippen LogP contribution in [-0.4, -0.2) is 47.1 Å². The number of carbonyl (C=O) groups excluding carboxylic acids is 1. The second-order valence-corrected chi connectivity index (χ2v) is 7.14. The van der Waals surface area contributed by atoms with Gasteiger partial charge in [-0.05, 0) is 50.2 Å². The maximum absolute atomic E-state index is 13.8. The van der Waals surface area contributed by atoms with E-state index in [4.69, 9.17) is 5.11 Å². The first kappa shape index (κ1) is 17.8. The van der Waals surface area contributed by atoms with Crippen LogP contribution >= 0.6 is 0 Å². The van der Waals surface area contributed by atoms with Gasteiger partial charge in [-0.3, -0.25) is 14.5 Å². The quantitative estimate of drug-likeness (QED) is 0.790. The fraction of sp³-hybridized carbons (Fsp3) is 0.556. The zero-order valence-electron chi connectivity index (χ0n) is 14.1. The van der Waals surface area contributed by atoms with Gasteiger partial charge in [0.15, 0.2) is 0 Å². The van der Waals surface area contributed by atoms with Crippen molar-refractivity contribution in [3.63, 3.8) is 0 Å². The third-order valence-corrected chi connectivity index (χ3v) is 4.99. The normalized spacial score (nSPS) is 22.6. The minimum Gasteiger partial charge on any atom is -0.480 e. The summed E-state index contributed by atoms with van der Waals surface area (Å²) in [6.07, 6.45) is 3.58. The Balaban J connectivity index is 1.54. The first-order valence-corrected chi connectivity index (χ1v) is 8.56. The fourth-order valence-corrected chi connectivity index (χ4v) is 3.25. The summed E-state index contributed by atoms with van der Waals surface area (Å²) in [5.74, 6) is -2.38. The average molecular weight is 352 g/mol. The van der Waals surface area contributed by atoms with Crippen molar-refractivity contribution in [1.82, 2.24) is 10.2 Å². The van der Waals surface area contributed by atoms with Crippen LogP contribution in [0, 0.1) is 24.5 Å². The molecule has 0 heterocycles. The lowest BCUT2D eigenvalue weighted by Crippen LogP contribution is -2.55. The molecule has 2 N–H and O–H groups in total. The molecule has 2 saturated carbocycles. The second-order valence-electron chi connectivity index (χ2n) is 7.14. The summed E-state index contributed by atoms with van der Waals surface area (Å²) in [7, 11) is 0. The molecule has 0 aliphatic heterocycles. The van der Waals surface area contributed by atoms with E-state index in [1.165, 1.54) is 13.0 Å². The van der Waals surface area contributed by atoms with E-state index in [0.29, 0.717) is 18.8 Å². The topological polar surface area (TPSA) is 69.6 Å². The van der Waals surface area contributed by atoms with Crippen molar-refractivity contribution in [2.45, 2.75) is 44.7 Å². The zero-order valence-corrected chi connectivity index (χ0v) is 14.1. The number of aliphatic carboxylic acids is 1. The van der Waals surface area contributed by atoms with Crippen molar-refractivity contribution in [2.24, 2.45) is 5.92 Å². The number of hydrogen-bond donors (Lipinski definition) is 2. The van der Waals surface area contributed by atoms with E-state index in [1.54, 1.807) is 0 Å². The van der Waals surface area contributed by atoms with E-state index in [9.17, 15) is 18.4 Å². The van der Waals surface area contributed by atoms with Gasteiger partial charge >= 0.3 is 5.97 Å². The Morgan fingerprint density at radius 2 is 1.92 bits per heavy atom. The summed E-state index contributed by atoms with van der Waals surface area (Å²) in [6.45, 7) is 2.27. The van der Waals surface area contributed by atoms with Gasteiger partial charge in [0.05, 0.1) is 12.1 Å². The molecule has 0 spiro atoms. The number of aryl methyl sites for hydroxylation is 1. The Bertz CT molecular complexity index is 685. The standard InChI is InChI=1S/C18H22F2N2O3/c1-10-4-14(16(20)7-15(10)19)18(25)21-12-5-13(6-12)22(9-17(23)24)8-11-2-3-11/h4,7,11-13H,2-3,5-6,8-9H2,1H3,(H,21,25)(H,23,24). The summed E-state index contributed by atoms with van der Waals surface area (Å²) in [4.78, 5) is 25.2. The third-order valence-electron chi connectivity index (χ3n) is 4.99. The number of amides is 1. The molecule has 2 aliphatic rings. The molecule has 1 amide bonds. The van der Waals surface area contributed by atoms with Crippen molar-refractivity contribution >= 4 is 11.9 Å². The fourth-order valence-electron chi connectivity index (χ4n) is 3.25. The number of halogens is 2. The van der Waals surface area contributed by atoms with Gasteiger partial charge in [-0.1, -0.05) is 0 Å². The number of carbonyl (C=O) groups is 2. The van der Waals surface area contributed by atoms with Crippen LogP contribution in [0.1, 0.15) is 41.6 Å². The Hall–Kier alpha value is -2.02. The molecule has 0 saturated heterocycles. The zero-order chi connectivity index (χ0) is 18.1.